The second kappa shape index (κ2) is 6.24. The van der Waals surface area contributed by atoms with Crippen molar-refractivity contribution in [3.63, 3.8) is 0 Å². The maximum absolute atomic E-state index is 10.3. The van der Waals surface area contributed by atoms with Crippen LogP contribution < -0.4 is 5.32 Å². The molecule has 0 radical (unpaired) electrons. The van der Waals surface area contributed by atoms with Crippen molar-refractivity contribution in [2.24, 2.45) is 0 Å². The molecule has 0 spiro atoms. The highest BCUT2D eigenvalue weighted by Gasteiger charge is 2.04. The fourth-order valence-electron chi connectivity index (χ4n) is 1.34. The van der Waals surface area contributed by atoms with Gasteiger partial charge in [0.1, 0.15) is 5.76 Å². The van der Waals surface area contributed by atoms with Crippen molar-refractivity contribution < 1.29 is 14.3 Å². The number of hydrogen-bond acceptors (Lipinski definition) is 3. The number of hydrogen-bond donors (Lipinski definition) is 2. The molecule has 1 aromatic heterocycles. The lowest BCUT2D eigenvalue weighted by Crippen LogP contribution is -2.28. The maximum atomic E-state index is 10.3. The van der Waals surface area contributed by atoms with Crippen LogP contribution in [0.3, 0.4) is 0 Å². The third-order valence-corrected chi connectivity index (χ3v) is 2.24. The maximum Gasteiger partial charge on any atom is 0.303 e. The number of aliphatic carboxylic acids is 1. The van der Waals surface area contributed by atoms with Gasteiger partial charge in [0.05, 0.1) is 6.26 Å². The molecule has 0 aromatic carbocycles. The Kier molecular flexibility index (Phi) is 4.90. The summed E-state index contributed by atoms with van der Waals surface area (Å²) in [5.74, 6) is 0.211. The Morgan fingerprint density at radius 1 is 1.67 bits per heavy atom. The molecular formula is C11H17NO3. The molecule has 0 saturated carbocycles. The summed E-state index contributed by atoms with van der Waals surface area (Å²) in [6, 6.07) is 4.03. The molecule has 0 bridgehead atoms. The predicted octanol–water partition coefficient (Wildman–Crippen LogP) is 1.66. The third kappa shape index (κ3) is 5.22. The van der Waals surface area contributed by atoms with E-state index in [1.807, 2.05) is 19.1 Å². The molecule has 1 heterocycles. The third-order valence-electron chi connectivity index (χ3n) is 2.24. The van der Waals surface area contributed by atoms with E-state index >= 15 is 0 Å². The molecule has 1 aromatic rings. The van der Waals surface area contributed by atoms with Gasteiger partial charge in [0, 0.05) is 25.4 Å². The molecule has 0 fully saturated rings. The first-order chi connectivity index (χ1) is 7.18. The van der Waals surface area contributed by atoms with Crippen molar-refractivity contribution in [2.75, 3.05) is 6.54 Å². The van der Waals surface area contributed by atoms with Crippen molar-refractivity contribution in [3.8, 4) is 0 Å². The van der Waals surface area contributed by atoms with E-state index in [4.69, 9.17) is 9.52 Å². The van der Waals surface area contributed by atoms with E-state index in [1.165, 1.54) is 0 Å². The highest BCUT2D eigenvalue weighted by atomic mass is 16.4. The van der Waals surface area contributed by atoms with E-state index in [9.17, 15) is 4.79 Å². The summed E-state index contributed by atoms with van der Waals surface area (Å²) in [5.41, 5.74) is 0. The van der Waals surface area contributed by atoms with Crippen molar-refractivity contribution in [1.82, 2.24) is 5.32 Å². The highest BCUT2D eigenvalue weighted by molar-refractivity contribution is 5.66. The summed E-state index contributed by atoms with van der Waals surface area (Å²) in [4.78, 5) is 10.3. The first-order valence-electron chi connectivity index (χ1n) is 5.16. The Hall–Kier alpha value is -1.29. The van der Waals surface area contributed by atoms with Crippen molar-refractivity contribution in [3.05, 3.63) is 24.2 Å². The molecule has 15 heavy (non-hydrogen) atoms. The molecule has 1 atom stereocenters. The zero-order valence-electron chi connectivity index (χ0n) is 8.90. The van der Waals surface area contributed by atoms with E-state index in [0.717, 1.165) is 18.7 Å². The SMILES string of the molecule is CC(CCC(=O)O)NCCc1ccco1. The van der Waals surface area contributed by atoms with Gasteiger partial charge in [0.2, 0.25) is 0 Å². The van der Waals surface area contributed by atoms with E-state index in [1.54, 1.807) is 6.26 Å². The number of carboxylic acid groups (broad SMARTS) is 1. The number of furan rings is 1. The van der Waals surface area contributed by atoms with Gasteiger partial charge in [-0.3, -0.25) is 4.79 Å². The molecule has 2 N–H and O–H groups in total. The molecule has 0 amide bonds. The zero-order valence-corrected chi connectivity index (χ0v) is 8.90. The molecule has 0 aliphatic heterocycles. The lowest BCUT2D eigenvalue weighted by atomic mass is 10.2. The normalized spacial score (nSPS) is 12.6. The van der Waals surface area contributed by atoms with Crippen LogP contribution in [0.5, 0.6) is 0 Å². The lowest BCUT2D eigenvalue weighted by Gasteiger charge is -2.11. The Morgan fingerprint density at radius 2 is 2.47 bits per heavy atom. The highest BCUT2D eigenvalue weighted by Crippen LogP contribution is 2.01. The topological polar surface area (TPSA) is 62.5 Å². The van der Waals surface area contributed by atoms with Gasteiger partial charge in [0.25, 0.3) is 0 Å². The van der Waals surface area contributed by atoms with Gasteiger partial charge in [-0.1, -0.05) is 0 Å². The fraction of sp³-hybridized carbons (Fsp3) is 0.545. The minimum atomic E-state index is -0.741. The summed E-state index contributed by atoms with van der Waals surface area (Å²) in [6.45, 7) is 2.80. The fourth-order valence-corrected chi connectivity index (χ4v) is 1.34. The van der Waals surface area contributed by atoms with Gasteiger partial charge in [0.15, 0.2) is 0 Å². The summed E-state index contributed by atoms with van der Waals surface area (Å²) < 4.78 is 5.18. The molecule has 0 aliphatic carbocycles. The molecule has 4 nitrogen and oxygen atoms in total. The smallest absolute Gasteiger partial charge is 0.303 e. The van der Waals surface area contributed by atoms with Crippen LogP contribution >= 0.6 is 0 Å². The molecule has 0 aliphatic rings. The molecule has 4 heteroatoms. The molecule has 84 valence electrons. The largest absolute Gasteiger partial charge is 0.481 e. The minimum Gasteiger partial charge on any atom is -0.481 e. The lowest BCUT2D eigenvalue weighted by molar-refractivity contribution is -0.137. The molecule has 1 unspecified atom stereocenters. The molecule has 1 rings (SSSR count). The summed E-state index contributed by atoms with van der Waals surface area (Å²) in [6.07, 6.45) is 3.37. The van der Waals surface area contributed by atoms with Gasteiger partial charge in [-0.15, -0.1) is 0 Å². The second-order valence-electron chi connectivity index (χ2n) is 3.62. The van der Waals surface area contributed by atoms with Gasteiger partial charge in [-0.05, 0) is 25.5 Å². The number of carboxylic acids is 1. The first kappa shape index (κ1) is 11.8. The average molecular weight is 211 g/mol. The van der Waals surface area contributed by atoms with Crippen LogP contribution in [-0.4, -0.2) is 23.7 Å². The van der Waals surface area contributed by atoms with Crippen molar-refractivity contribution >= 4 is 5.97 Å². The van der Waals surface area contributed by atoms with Crippen LogP contribution in [0.2, 0.25) is 0 Å². The number of rotatable bonds is 7. The summed E-state index contributed by atoms with van der Waals surface area (Å²) in [7, 11) is 0. The van der Waals surface area contributed by atoms with Crippen LogP contribution in [0.15, 0.2) is 22.8 Å². The summed E-state index contributed by atoms with van der Waals surface area (Å²) >= 11 is 0. The van der Waals surface area contributed by atoms with E-state index in [0.29, 0.717) is 6.42 Å². The van der Waals surface area contributed by atoms with Crippen LogP contribution in [0.1, 0.15) is 25.5 Å². The van der Waals surface area contributed by atoms with Crippen LogP contribution in [-0.2, 0) is 11.2 Å². The number of nitrogens with one attached hydrogen (secondary N) is 1. The summed E-state index contributed by atoms with van der Waals surface area (Å²) in [5, 5.41) is 11.7. The van der Waals surface area contributed by atoms with E-state index < -0.39 is 5.97 Å². The Bertz CT molecular complexity index is 282. The van der Waals surface area contributed by atoms with Crippen LogP contribution in [0, 0.1) is 0 Å². The quantitative estimate of drug-likeness (QED) is 0.720. The Balaban J connectivity index is 2.06. The van der Waals surface area contributed by atoms with E-state index in [-0.39, 0.29) is 12.5 Å². The van der Waals surface area contributed by atoms with Crippen LogP contribution in [0.25, 0.3) is 0 Å². The molecule has 0 saturated heterocycles. The van der Waals surface area contributed by atoms with E-state index in [2.05, 4.69) is 5.32 Å². The number of carbonyl (C=O) groups is 1. The minimum absolute atomic E-state index is 0.217. The monoisotopic (exact) mass is 211 g/mol. The Morgan fingerprint density at radius 3 is 3.07 bits per heavy atom. The van der Waals surface area contributed by atoms with Crippen molar-refractivity contribution in [2.45, 2.75) is 32.2 Å². The van der Waals surface area contributed by atoms with Gasteiger partial charge >= 0.3 is 5.97 Å². The van der Waals surface area contributed by atoms with Crippen molar-refractivity contribution in [1.29, 1.82) is 0 Å². The predicted molar refractivity (Wildman–Crippen MR) is 56.7 cm³/mol. The standard InChI is InChI=1S/C11H17NO3/c1-9(4-5-11(13)14)12-7-6-10-3-2-8-15-10/h2-3,8-9,12H,4-7H2,1H3,(H,13,14). The van der Waals surface area contributed by atoms with Crippen LogP contribution in [0.4, 0.5) is 0 Å². The second-order valence-corrected chi connectivity index (χ2v) is 3.62. The Labute approximate surface area is 89.3 Å². The molecular weight excluding hydrogens is 194 g/mol. The van der Waals surface area contributed by atoms with Gasteiger partial charge in [-0.2, -0.15) is 0 Å². The average Bonchev–Trinajstić information content (AvgIpc) is 2.67. The zero-order chi connectivity index (χ0) is 11.1. The van der Waals surface area contributed by atoms with Gasteiger partial charge in [-0.25, -0.2) is 0 Å². The first-order valence-corrected chi connectivity index (χ1v) is 5.16. The van der Waals surface area contributed by atoms with Gasteiger partial charge < -0.3 is 14.8 Å².